The fourth-order valence-electron chi connectivity index (χ4n) is 1.82. The fourth-order valence-corrected chi connectivity index (χ4v) is 2.46. The number of rotatable bonds is 6. The molecule has 2 aromatic rings. The molecule has 100 valence electrons. The SMILES string of the molecule is CCO[C@@H](CNC(=O)c1ccsc1)c1ccccc1. The topological polar surface area (TPSA) is 38.3 Å². The molecular weight excluding hydrogens is 258 g/mol. The van der Waals surface area contributed by atoms with Gasteiger partial charge in [-0.3, -0.25) is 4.79 Å². The Bertz CT molecular complexity index is 496. The van der Waals surface area contributed by atoms with Crippen LogP contribution in [0.25, 0.3) is 0 Å². The molecule has 1 aromatic heterocycles. The van der Waals surface area contributed by atoms with Crippen molar-refractivity contribution in [1.82, 2.24) is 5.32 Å². The summed E-state index contributed by atoms with van der Waals surface area (Å²) in [7, 11) is 0. The summed E-state index contributed by atoms with van der Waals surface area (Å²) in [6, 6.07) is 11.8. The average molecular weight is 275 g/mol. The molecule has 1 N–H and O–H groups in total. The van der Waals surface area contributed by atoms with Gasteiger partial charge in [-0.25, -0.2) is 0 Å². The third kappa shape index (κ3) is 3.91. The highest BCUT2D eigenvalue weighted by Crippen LogP contribution is 2.16. The predicted octanol–water partition coefficient (Wildman–Crippen LogP) is 3.26. The van der Waals surface area contributed by atoms with Gasteiger partial charge >= 0.3 is 0 Å². The van der Waals surface area contributed by atoms with Crippen molar-refractivity contribution < 1.29 is 9.53 Å². The first-order valence-electron chi connectivity index (χ1n) is 6.28. The van der Waals surface area contributed by atoms with E-state index in [2.05, 4.69) is 5.32 Å². The van der Waals surface area contributed by atoms with Crippen LogP contribution in [0, 0.1) is 0 Å². The van der Waals surface area contributed by atoms with E-state index in [-0.39, 0.29) is 12.0 Å². The molecule has 4 heteroatoms. The summed E-state index contributed by atoms with van der Waals surface area (Å²) < 4.78 is 5.68. The van der Waals surface area contributed by atoms with Gasteiger partial charge in [-0.15, -0.1) is 0 Å². The highest BCUT2D eigenvalue weighted by atomic mass is 32.1. The highest BCUT2D eigenvalue weighted by molar-refractivity contribution is 7.08. The average Bonchev–Trinajstić information content (AvgIpc) is 2.98. The molecule has 0 saturated carbocycles. The monoisotopic (exact) mass is 275 g/mol. The van der Waals surface area contributed by atoms with E-state index in [4.69, 9.17) is 4.74 Å². The summed E-state index contributed by atoms with van der Waals surface area (Å²) in [6.07, 6.45) is -0.103. The molecule has 0 bridgehead atoms. The minimum atomic E-state index is -0.103. The van der Waals surface area contributed by atoms with Crippen LogP contribution in [0.2, 0.25) is 0 Å². The zero-order chi connectivity index (χ0) is 13.5. The zero-order valence-corrected chi connectivity index (χ0v) is 11.7. The Labute approximate surface area is 117 Å². The lowest BCUT2D eigenvalue weighted by Crippen LogP contribution is -2.29. The first-order chi connectivity index (χ1) is 9.31. The molecule has 0 saturated heterocycles. The second-order valence-electron chi connectivity index (χ2n) is 4.08. The molecule has 1 heterocycles. The standard InChI is InChI=1S/C15H17NO2S/c1-2-18-14(12-6-4-3-5-7-12)10-16-15(17)13-8-9-19-11-13/h3-9,11,14H,2,10H2,1H3,(H,16,17)/t14-/m0/s1. The first kappa shape index (κ1) is 13.8. The number of hydrogen-bond donors (Lipinski definition) is 1. The van der Waals surface area contributed by atoms with Crippen LogP contribution in [0.4, 0.5) is 0 Å². The molecule has 0 unspecified atom stereocenters. The number of carbonyl (C=O) groups is 1. The normalized spacial score (nSPS) is 12.1. The van der Waals surface area contributed by atoms with Gasteiger partial charge in [0.25, 0.3) is 5.91 Å². The molecule has 0 aliphatic carbocycles. The second kappa shape index (κ2) is 7.07. The van der Waals surface area contributed by atoms with Gasteiger partial charge < -0.3 is 10.1 Å². The van der Waals surface area contributed by atoms with Crippen LogP contribution in [-0.4, -0.2) is 19.1 Å². The summed E-state index contributed by atoms with van der Waals surface area (Å²) in [6.45, 7) is 3.05. The quantitative estimate of drug-likeness (QED) is 0.878. The van der Waals surface area contributed by atoms with E-state index >= 15 is 0 Å². The molecule has 0 aliphatic rings. The number of hydrogen-bond acceptors (Lipinski definition) is 3. The Hall–Kier alpha value is -1.65. The van der Waals surface area contributed by atoms with Gasteiger partial charge in [0.15, 0.2) is 0 Å². The van der Waals surface area contributed by atoms with Gasteiger partial charge in [-0.1, -0.05) is 30.3 Å². The molecule has 2 rings (SSSR count). The lowest BCUT2D eigenvalue weighted by molar-refractivity contribution is 0.0586. The Morgan fingerprint density at radius 3 is 2.74 bits per heavy atom. The zero-order valence-electron chi connectivity index (χ0n) is 10.8. The summed E-state index contributed by atoms with van der Waals surface area (Å²) >= 11 is 1.52. The van der Waals surface area contributed by atoms with Crippen LogP contribution in [-0.2, 0) is 4.74 Å². The third-order valence-corrected chi connectivity index (χ3v) is 3.45. The number of amides is 1. The summed E-state index contributed by atoms with van der Waals surface area (Å²) in [5.41, 5.74) is 1.78. The van der Waals surface area contributed by atoms with E-state index in [1.165, 1.54) is 11.3 Å². The highest BCUT2D eigenvalue weighted by Gasteiger charge is 2.13. The van der Waals surface area contributed by atoms with Crippen molar-refractivity contribution >= 4 is 17.2 Å². The fraction of sp³-hybridized carbons (Fsp3) is 0.267. The maximum Gasteiger partial charge on any atom is 0.252 e. The van der Waals surface area contributed by atoms with Gasteiger partial charge in [0, 0.05) is 24.1 Å². The second-order valence-corrected chi connectivity index (χ2v) is 4.86. The van der Waals surface area contributed by atoms with Crippen LogP contribution in [0.1, 0.15) is 28.9 Å². The summed E-state index contributed by atoms with van der Waals surface area (Å²) in [5.74, 6) is -0.0538. The molecule has 1 amide bonds. The molecule has 1 atom stereocenters. The lowest BCUT2D eigenvalue weighted by atomic mass is 10.1. The van der Waals surface area contributed by atoms with Crippen molar-refractivity contribution in [2.24, 2.45) is 0 Å². The van der Waals surface area contributed by atoms with Gasteiger partial charge in [0.05, 0.1) is 6.10 Å². The molecule has 19 heavy (non-hydrogen) atoms. The van der Waals surface area contributed by atoms with Crippen LogP contribution >= 0.6 is 11.3 Å². The molecule has 1 aromatic carbocycles. The van der Waals surface area contributed by atoms with Crippen molar-refractivity contribution in [1.29, 1.82) is 0 Å². The molecule has 0 radical (unpaired) electrons. The maximum atomic E-state index is 11.9. The number of benzene rings is 1. The van der Waals surface area contributed by atoms with Crippen molar-refractivity contribution in [2.45, 2.75) is 13.0 Å². The largest absolute Gasteiger partial charge is 0.372 e. The minimum Gasteiger partial charge on any atom is -0.372 e. The lowest BCUT2D eigenvalue weighted by Gasteiger charge is -2.18. The van der Waals surface area contributed by atoms with E-state index in [1.807, 2.05) is 54.1 Å². The van der Waals surface area contributed by atoms with Crippen LogP contribution in [0.15, 0.2) is 47.2 Å². The van der Waals surface area contributed by atoms with E-state index in [1.54, 1.807) is 0 Å². The van der Waals surface area contributed by atoms with Crippen molar-refractivity contribution in [3.8, 4) is 0 Å². The van der Waals surface area contributed by atoms with Gasteiger partial charge in [-0.2, -0.15) is 11.3 Å². The molecule has 0 aliphatic heterocycles. The van der Waals surface area contributed by atoms with Gasteiger partial charge in [-0.05, 0) is 23.9 Å². The number of thiophene rings is 1. The van der Waals surface area contributed by atoms with Crippen LogP contribution in [0.3, 0.4) is 0 Å². The van der Waals surface area contributed by atoms with Gasteiger partial charge in [0.1, 0.15) is 0 Å². The van der Waals surface area contributed by atoms with Crippen LogP contribution < -0.4 is 5.32 Å². The smallest absolute Gasteiger partial charge is 0.252 e. The maximum absolute atomic E-state index is 11.9. The van der Waals surface area contributed by atoms with Crippen molar-refractivity contribution in [2.75, 3.05) is 13.2 Å². The first-order valence-corrected chi connectivity index (χ1v) is 7.22. The predicted molar refractivity (Wildman–Crippen MR) is 77.5 cm³/mol. The Morgan fingerprint density at radius 2 is 2.11 bits per heavy atom. The number of ether oxygens (including phenoxy) is 1. The van der Waals surface area contributed by atoms with E-state index in [9.17, 15) is 4.79 Å². The van der Waals surface area contributed by atoms with Gasteiger partial charge in [0.2, 0.25) is 0 Å². The van der Waals surface area contributed by atoms with Crippen molar-refractivity contribution in [3.05, 3.63) is 58.3 Å². The Balaban J connectivity index is 1.96. The Morgan fingerprint density at radius 1 is 1.32 bits per heavy atom. The molecule has 0 fully saturated rings. The van der Waals surface area contributed by atoms with E-state index in [0.29, 0.717) is 18.7 Å². The number of nitrogens with one attached hydrogen (secondary N) is 1. The summed E-state index contributed by atoms with van der Waals surface area (Å²) in [5, 5.41) is 6.65. The molecule has 0 spiro atoms. The van der Waals surface area contributed by atoms with E-state index < -0.39 is 0 Å². The number of carbonyl (C=O) groups excluding carboxylic acids is 1. The molecule has 3 nitrogen and oxygen atoms in total. The minimum absolute atomic E-state index is 0.0538. The van der Waals surface area contributed by atoms with E-state index in [0.717, 1.165) is 5.56 Å². The molecular formula is C15H17NO2S. The third-order valence-electron chi connectivity index (χ3n) is 2.77. The van der Waals surface area contributed by atoms with Crippen molar-refractivity contribution in [3.63, 3.8) is 0 Å². The summed E-state index contributed by atoms with van der Waals surface area (Å²) in [4.78, 5) is 11.9. The Kier molecular flexibility index (Phi) is 5.12. The van der Waals surface area contributed by atoms with Crippen LogP contribution in [0.5, 0.6) is 0 Å².